The van der Waals surface area contributed by atoms with Crippen LogP contribution in [0.4, 0.5) is 0 Å². The van der Waals surface area contributed by atoms with Crippen LogP contribution in [-0.4, -0.2) is 31.6 Å². The summed E-state index contributed by atoms with van der Waals surface area (Å²) in [6.45, 7) is -0.240. The second-order valence-corrected chi connectivity index (χ2v) is 5.08. The Kier molecular flexibility index (Phi) is 5.41. The van der Waals surface area contributed by atoms with Gasteiger partial charge in [0.25, 0.3) is 11.8 Å². The first kappa shape index (κ1) is 15.9. The average molecular weight is 304 g/mol. The van der Waals surface area contributed by atoms with Crippen molar-refractivity contribution in [1.82, 2.24) is 5.32 Å². The Labute approximate surface area is 129 Å². The summed E-state index contributed by atoms with van der Waals surface area (Å²) < 4.78 is 10.4. The molecule has 1 aliphatic rings. The molecule has 0 aliphatic heterocycles. The third-order valence-electron chi connectivity index (χ3n) is 3.40. The molecular formula is C16H20N2O4. The van der Waals surface area contributed by atoms with E-state index in [4.69, 9.17) is 15.2 Å². The maximum Gasteiger partial charge on any atom is 0.255 e. The first-order valence-corrected chi connectivity index (χ1v) is 7.15. The standard InChI is InChI=1S/C16H20N2O4/c1-21-14-9-11(7-8-13(14)22-10-15(17)19)16(20)18-12-5-3-2-4-6-12/h2-3,7-9,12H,4-6,10H2,1H3,(H2,17,19)(H,18,20). The fourth-order valence-corrected chi connectivity index (χ4v) is 2.27. The molecule has 1 aromatic rings. The highest BCUT2D eigenvalue weighted by Gasteiger charge is 2.16. The van der Waals surface area contributed by atoms with Gasteiger partial charge in [-0.05, 0) is 37.5 Å². The first-order valence-electron chi connectivity index (χ1n) is 7.15. The van der Waals surface area contributed by atoms with Crippen molar-refractivity contribution in [2.45, 2.75) is 25.3 Å². The number of carbonyl (C=O) groups is 2. The van der Waals surface area contributed by atoms with Gasteiger partial charge in [0.05, 0.1) is 7.11 Å². The van der Waals surface area contributed by atoms with E-state index in [2.05, 4.69) is 17.5 Å². The first-order chi connectivity index (χ1) is 10.6. The molecule has 0 saturated heterocycles. The third kappa shape index (κ3) is 4.25. The summed E-state index contributed by atoms with van der Waals surface area (Å²) in [6.07, 6.45) is 6.97. The second kappa shape index (κ2) is 7.49. The van der Waals surface area contributed by atoms with Crippen molar-refractivity contribution in [3.05, 3.63) is 35.9 Å². The molecule has 1 unspecified atom stereocenters. The summed E-state index contributed by atoms with van der Waals surface area (Å²) >= 11 is 0. The highest BCUT2D eigenvalue weighted by Crippen LogP contribution is 2.28. The van der Waals surface area contributed by atoms with E-state index in [9.17, 15) is 9.59 Å². The maximum absolute atomic E-state index is 12.3. The summed E-state index contributed by atoms with van der Waals surface area (Å²) in [6, 6.07) is 4.98. The van der Waals surface area contributed by atoms with Crippen LogP contribution in [0.1, 0.15) is 29.6 Å². The van der Waals surface area contributed by atoms with Gasteiger partial charge in [-0.15, -0.1) is 0 Å². The van der Waals surface area contributed by atoms with Crippen molar-refractivity contribution >= 4 is 11.8 Å². The SMILES string of the molecule is COc1cc(C(=O)NC2CC=CCC2)ccc1OCC(N)=O. The van der Waals surface area contributed by atoms with Crippen LogP contribution >= 0.6 is 0 Å². The number of hydrogen-bond acceptors (Lipinski definition) is 4. The number of rotatable bonds is 6. The lowest BCUT2D eigenvalue weighted by Gasteiger charge is -2.19. The molecule has 0 aromatic heterocycles. The van der Waals surface area contributed by atoms with Gasteiger partial charge in [0.2, 0.25) is 0 Å². The fraction of sp³-hybridized carbons (Fsp3) is 0.375. The molecule has 3 N–H and O–H groups in total. The molecular weight excluding hydrogens is 284 g/mol. The van der Waals surface area contributed by atoms with Crippen LogP contribution < -0.4 is 20.5 Å². The van der Waals surface area contributed by atoms with Gasteiger partial charge in [-0.25, -0.2) is 0 Å². The molecule has 118 valence electrons. The topological polar surface area (TPSA) is 90.7 Å². The fourth-order valence-electron chi connectivity index (χ4n) is 2.27. The summed E-state index contributed by atoms with van der Waals surface area (Å²) in [5.74, 6) is 0.0326. The zero-order chi connectivity index (χ0) is 15.9. The molecule has 0 radical (unpaired) electrons. The van der Waals surface area contributed by atoms with E-state index in [0.717, 1.165) is 19.3 Å². The van der Waals surface area contributed by atoms with Crippen molar-refractivity contribution in [1.29, 1.82) is 0 Å². The minimum atomic E-state index is -0.575. The highest BCUT2D eigenvalue weighted by molar-refractivity contribution is 5.95. The molecule has 1 atom stereocenters. The molecule has 0 fully saturated rings. The molecule has 6 nitrogen and oxygen atoms in total. The number of allylic oxidation sites excluding steroid dienone is 1. The zero-order valence-corrected chi connectivity index (χ0v) is 12.5. The predicted octanol–water partition coefficient (Wildman–Crippen LogP) is 1.40. The van der Waals surface area contributed by atoms with Crippen LogP contribution in [-0.2, 0) is 4.79 Å². The van der Waals surface area contributed by atoms with Crippen LogP contribution in [0.15, 0.2) is 30.4 Å². The highest BCUT2D eigenvalue weighted by atomic mass is 16.5. The Hall–Kier alpha value is -2.50. The Balaban J connectivity index is 2.05. The van der Waals surface area contributed by atoms with E-state index in [-0.39, 0.29) is 18.6 Å². The second-order valence-electron chi connectivity index (χ2n) is 5.08. The van der Waals surface area contributed by atoms with Crippen LogP contribution in [0, 0.1) is 0 Å². The molecule has 6 heteroatoms. The summed E-state index contributed by atoms with van der Waals surface area (Å²) in [5, 5.41) is 3.00. The molecule has 0 saturated carbocycles. The van der Waals surface area contributed by atoms with Crippen molar-refractivity contribution in [2.75, 3.05) is 13.7 Å². The number of nitrogens with one attached hydrogen (secondary N) is 1. The zero-order valence-electron chi connectivity index (χ0n) is 12.5. The van der Waals surface area contributed by atoms with E-state index in [1.807, 2.05) is 0 Å². The average Bonchev–Trinajstić information content (AvgIpc) is 2.53. The minimum absolute atomic E-state index is 0.153. The van der Waals surface area contributed by atoms with Crippen molar-refractivity contribution in [3.63, 3.8) is 0 Å². The van der Waals surface area contributed by atoms with Crippen LogP contribution in [0.5, 0.6) is 11.5 Å². The van der Waals surface area contributed by atoms with Crippen molar-refractivity contribution in [2.24, 2.45) is 5.73 Å². The number of methoxy groups -OCH3 is 1. The van der Waals surface area contributed by atoms with Gasteiger partial charge in [-0.2, -0.15) is 0 Å². The Morgan fingerprint density at radius 1 is 1.32 bits per heavy atom. The van der Waals surface area contributed by atoms with Crippen molar-refractivity contribution < 1.29 is 19.1 Å². The largest absolute Gasteiger partial charge is 0.493 e. The van der Waals surface area contributed by atoms with E-state index in [0.29, 0.717) is 17.1 Å². The Morgan fingerprint density at radius 3 is 2.77 bits per heavy atom. The molecule has 22 heavy (non-hydrogen) atoms. The monoisotopic (exact) mass is 304 g/mol. The lowest BCUT2D eigenvalue weighted by atomic mass is 10.0. The molecule has 0 heterocycles. The number of ether oxygens (including phenoxy) is 2. The van der Waals surface area contributed by atoms with Gasteiger partial charge in [-0.3, -0.25) is 9.59 Å². The van der Waals surface area contributed by atoms with Crippen LogP contribution in [0.25, 0.3) is 0 Å². The number of primary amides is 1. The molecule has 1 aliphatic carbocycles. The number of carbonyl (C=O) groups excluding carboxylic acids is 2. The molecule has 1 aromatic carbocycles. The quantitative estimate of drug-likeness (QED) is 0.777. The smallest absolute Gasteiger partial charge is 0.255 e. The van der Waals surface area contributed by atoms with Gasteiger partial charge in [0.1, 0.15) is 0 Å². The molecule has 2 amide bonds. The lowest BCUT2D eigenvalue weighted by Crippen LogP contribution is -2.35. The molecule has 0 bridgehead atoms. The Bertz CT molecular complexity index is 584. The normalized spacial score (nSPS) is 16.9. The van der Waals surface area contributed by atoms with Gasteiger partial charge < -0.3 is 20.5 Å². The van der Waals surface area contributed by atoms with E-state index in [1.165, 1.54) is 7.11 Å². The summed E-state index contributed by atoms with van der Waals surface area (Å²) in [5.41, 5.74) is 5.52. The summed E-state index contributed by atoms with van der Waals surface area (Å²) in [4.78, 5) is 23.0. The summed E-state index contributed by atoms with van der Waals surface area (Å²) in [7, 11) is 1.47. The van der Waals surface area contributed by atoms with Gasteiger partial charge >= 0.3 is 0 Å². The van der Waals surface area contributed by atoms with E-state index < -0.39 is 5.91 Å². The van der Waals surface area contributed by atoms with Gasteiger partial charge in [-0.1, -0.05) is 12.2 Å². The van der Waals surface area contributed by atoms with E-state index in [1.54, 1.807) is 18.2 Å². The number of benzene rings is 1. The van der Waals surface area contributed by atoms with Gasteiger partial charge in [0, 0.05) is 11.6 Å². The van der Waals surface area contributed by atoms with E-state index >= 15 is 0 Å². The number of hydrogen-bond donors (Lipinski definition) is 2. The predicted molar refractivity (Wildman–Crippen MR) is 81.9 cm³/mol. The Morgan fingerprint density at radius 2 is 2.14 bits per heavy atom. The maximum atomic E-state index is 12.3. The molecule has 2 rings (SSSR count). The van der Waals surface area contributed by atoms with Gasteiger partial charge in [0.15, 0.2) is 18.1 Å². The van der Waals surface area contributed by atoms with Crippen LogP contribution in [0.2, 0.25) is 0 Å². The lowest BCUT2D eigenvalue weighted by molar-refractivity contribution is -0.119. The molecule has 0 spiro atoms. The number of amides is 2. The minimum Gasteiger partial charge on any atom is -0.493 e. The third-order valence-corrected chi connectivity index (χ3v) is 3.40. The van der Waals surface area contributed by atoms with Crippen molar-refractivity contribution in [3.8, 4) is 11.5 Å². The van der Waals surface area contributed by atoms with Crippen LogP contribution in [0.3, 0.4) is 0 Å². The number of nitrogens with two attached hydrogens (primary N) is 1.